The van der Waals surface area contributed by atoms with E-state index in [9.17, 15) is 4.79 Å². The zero-order valence-electron chi connectivity index (χ0n) is 16.0. The number of anilines is 1. The molecule has 1 amide bonds. The van der Waals surface area contributed by atoms with Crippen molar-refractivity contribution in [2.45, 2.75) is 50.9 Å². The molecule has 4 aliphatic carbocycles. The number of methoxy groups -OCH3 is 1. The molecule has 0 spiro atoms. The molecule has 5 heteroatoms. The number of hydrogen-bond acceptors (Lipinski definition) is 4. The summed E-state index contributed by atoms with van der Waals surface area (Å²) in [5.74, 6) is 2.42. The van der Waals surface area contributed by atoms with Gasteiger partial charge in [0.15, 0.2) is 5.13 Å². The first kappa shape index (κ1) is 17.2. The molecule has 1 heterocycles. The average molecular weight is 383 g/mol. The first-order valence-electron chi connectivity index (χ1n) is 9.88. The lowest BCUT2D eigenvalue weighted by Gasteiger charge is -2.61. The fourth-order valence-corrected chi connectivity index (χ4v) is 7.13. The van der Waals surface area contributed by atoms with Crippen LogP contribution in [-0.4, -0.2) is 18.0 Å². The molecule has 6 rings (SSSR count). The Kier molecular flexibility index (Phi) is 3.87. The maximum Gasteiger partial charge on any atom is 0.232 e. The smallest absolute Gasteiger partial charge is 0.232 e. The molecule has 4 nitrogen and oxygen atoms in total. The first-order valence-corrected chi connectivity index (χ1v) is 10.8. The number of nitrogens with zero attached hydrogens (tertiary/aromatic N) is 1. The summed E-state index contributed by atoms with van der Waals surface area (Å²) in [6.07, 6.45) is 6.79. The van der Waals surface area contributed by atoms with Crippen molar-refractivity contribution in [2.75, 3.05) is 12.4 Å². The number of amides is 1. The Hall–Kier alpha value is -1.88. The first-order chi connectivity index (χ1) is 13.0. The van der Waals surface area contributed by atoms with E-state index in [4.69, 9.17) is 4.74 Å². The van der Waals surface area contributed by atoms with E-state index in [1.165, 1.54) is 36.2 Å². The lowest BCUT2D eigenvalue weighted by molar-refractivity contribution is -0.143. The van der Waals surface area contributed by atoms with Crippen LogP contribution < -0.4 is 10.1 Å². The van der Waals surface area contributed by atoms with Crippen LogP contribution in [0.3, 0.4) is 0 Å². The summed E-state index contributed by atoms with van der Waals surface area (Å²) in [6, 6.07) is 8.58. The van der Waals surface area contributed by atoms with Gasteiger partial charge in [0.2, 0.25) is 5.91 Å². The highest BCUT2D eigenvalue weighted by atomic mass is 32.1. The van der Waals surface area contributed by atoms with Crippen molar-refractivity contribution in [3.05, 3.63) is 40.9 Å². The van der Waals surface area contributed by atoms with Crippen molar-refractivity contribution in [2.24, 2.45) is 17.3 Å². The Balaban J connectivity index is 1.46. The lowest BCUT2D eigenvalue weighted by atomic mass is 9.42. The molecule has 0 unspecified atom stereocenters. The zero-order chi connectivity index (χ0) is 18.6. The predicted molar refractivity (Wildman–Crippen MR) is 107 cm³/mol. The number of hydrogen-bond donors (Lipinski definition) is 1. The van der Waals surface area contributed by atoms with Gasteiger partial charge < -0.3 is 10.1 Å². The van der Waals surface area contributed by atoms with Gasteiger partial charge in [-0.2, -0.15) is 0 Å². The van der Waals surface area contributed by atoms with Crippen LogP contribution in [0.25, 0.3) is 0 Å². The number of aryl methyl sites for hydroxylation is 1. The summed E-state index contributed by atoms with van der Waals surface area (Å²) in [5.41, 5.74) is 2.27. The Bertz CT molecular complexity index is 859. The summed E-state index contributed by atoms with van der Waals surface area (Å²) >= 11 is 1.52. The van der Waals surface area contributed by atoms with Gasteiger partial charge in [-0.1, -0.05) is 12.1 Å². The summed E-state index contributed by atoms with van der Waals surface area (Å²) in [4.78, 5) is 17.8. The van der Waals surface area contributed by atoms with Crippen LogP contribution >= 0.6 is 11.3 Å². The van der Waals surface area contributed by atoms with E-state index in [2.05, 4.69) is 34.6 Å². The number of thiazole rings is 1. The van der Waals surface area contributed by atoms with E-state index in [0.29, 0.717) is 11.8 Å². The van der Waals surface area contributed by atoms with Crippen LogP contribution in [0.5, 0.6) is 5.75 Å². The molecule has 4 saturated carbocycles. The third-order valence-electron chi connectivity index (χ3n) is 7.08. The van der Waals surface area contributed by atoms with Gasteiger partial charge in [0.05, 0.1) is 18.2 Å². The van der Waals surface area contributed by atoms with E-state index in [1.807, 2.05) is 12.3 Å². The molecule has 2 atom stereocenters. The minimum Gasteiger partial charge on any atom is -0.497 e. The molecule has 27 heavy (non-hydrogen) atoms. The van der Waals surface area contributed by atoms with Gasteiger partial charge in [0, 0.05) is 5.38 Å². The third kappa shape index (κ3) is 2.78. The molecule has 1 aromatic carbocycles. The van der Waals surface area contributed by atoms with Crippen molar-refractivity contribution >= 4 is 22.4 Å². The van der Waals surface area contributed by atoms with E-state index in [-0.39, 0.29) is 16.7 Å². The minimum atomic E-state index is -0.233. The van der Waals surface area contributed by atoms with E-state index >= 15 is 0 Å². The molecule has 4 fully saturated rings. The summed E-state index contributed by atoms with van der Waals surface area (Å²) < 4.78 is 5.34. The average Bonchev–Trinajstić information content (AvgIpc) is 3.05. The number of aromatic nitrogens is 1. The lowest BCUT2D eigenvalue weighted by Crippen LogP contribution is -2.57. The Labute approximate surface area is 164 Å². The largest absolute Gasteiger partial charge is 0.497 e. The summed E-state index contributed by atoms with van der Waals surface area (Å²) in [7, 11) is 1.71. The molecular weight excluding hydrogens is 356 g/mol. The van der Waals surface area contributed by atoms with Gasteiger partial charge in [0.25, 0.3) is 0 Å². The Morgan fingerprint density at radius 1 is 1.19 bits per heavy atom. The van der Waals surface area contributed by atoms with Crippen LogP contribution in [0, 0.1) is 24.2 Å². The molecule has 0 radical (unpaired) electrons. The maximum absolute atomic E-state index is 13.4. The SMILES string of the molecule is COc1ccc(C23C[C@H]4C[C@@H](CC(C(=O)Nc5nc(C)cs5)(C4)C2)C3)cc1. The second kappa shape index (κ2) is 6.06. The van der Waals surface area contributed by atoms with E-state index < -0.39 is 0 Å². The Morgan fingerprint density at radius 2 is 1.89 bits per heavy atom. The quantitative estimate of drug-likeness (QED) is 0.815. The van der Waals surface area contributed by atoms with Gasteiger partial charge in [0.1, 0.15) is 5.75 Å². The van der Waals surface area contributed by atoms with Crippen LogP contribution in [0.15, 0.2) is 29.6 Å². The second-order valence-corrected chi connectivity index (χ2v) is 9.86. The number of ether oxygens (including phenoxy) is 1. The fourth-order valence-electron chi connectivity index (χ4n) is 6.45. The summed E-state index contributed by atoms with van der Waals surface area (Å²) in [5, 5.41) is 5.89. The third-order valence-corrected chi connectivity index (χ3v) is 7.96. The van der Waals surface area contributed by atoms with Crippen LogP contribution in [-0.2, 0) is 10.2 Å². The minimum absolute atomic E-state index is 0.145. The standard InChI is InChI=1S/C22H26N2O2S/c1-14-12-27-20(23-14)24-19(25)22-10-15-7-16(11-22)9-21(8-15,13-22)17-3-5-18(26-2)6-4-17/h3-6,12,15-16H,7-11,13H2,1-2H3,(H,23,24,25)/t15-,16-,21?,22?/m1/s1. The highest BCUT2D eigenvalue weighted by Gasteiger charge is 2.61. The maximum atomic E-state index is 13.4. The molecule has 2 aromatic rings. The monoisotopic (exact) mass is 382 g/mol. The molecule has 4 aliphatic rings. The van der Waals surface area contributed by atoms with Crippen molar-refractivity contribution in [1.82, 2.24) is 4.98 Å². The number of benzene rings is 1. The molecule has 1 aromatic heterocycles. The zero-order valence-corrected chi connectivity index (χ0v) is 16.8. The van der Waals surface area contributed by atoms with Crippen molar-refractivity contribution in [3.8, 4) is 5.75 Å². The van der Waals surface area contributed by atoms with Gasteiger partial charge in [-0.05, 0) is 80.4 Å². The topological polar surface area (TPSA) is 51.2 Å². The van der Waals surface area contributed by atoms with E-state index in [0.717, 1.165) is 35.8 Å². The van der Waals surface area contributed by atoms with Crippen molar-refractivity contribution in [3.63, 3.8) is 0 Å². The van der Waals surface area contributed by atoms with Crippen molar-refractivity contribution < 1.29 is 9.53 Å². The number of carbonyl (C=O) groups excluding carboxylic acids is 1. The molecule has 1 N–H and O–H groups in total. The van der Waals surface area contributed by atoms with Crippen LogP contribution in [0.4, 0.5) is 5.13 Å². The van der Waals surface area contributed by atoms with Gasteiger partial charge in [-0.15, -0.1) is 11.3 Å². The number of nitrogens with one attached hydrogen (secondary N) is 1. The Morgan fingerprint density at radius 3 is 2.48 bits per heavy atom. The second-order valence-electron chi connectivity index (χ2n) is 9.00. The van der Waals surface area contributed by atoms with Crippen molar-refractivity contribution in [1.29, 1.82) is 0 Å². The van der Waals surface area contributed by atoms with Gasteiger partial charge >= 0.3 is 0 Å². The fraction of sp³-hybridized carbons (Fsp3) is 0.545. The van der Waals surface area contributed by atoms with Gasteiger partial charge in [-0.3, -0.25) is 4.79 Å². The van der Waals surface area contributed by atoms with Crippen LogP contribution in [0.1, 0.15) is 49.8 Å². The number of carbonyl (C=O) groups is 1. The molecular formula is C22H26N2O2S. The molecule has 0 aliphatic heterocycles. The predicted octanol–water partition coefficient (Wildman–Crippen LogP) is 4.94. The van der Waals surface area contributed by atoms with Gasteiger partial charge in [-0.25, -0.2) is 4.98 Å². The highest BCUT2D eigenvalue weighted by molar-refractivity contribution is 7.13. The highest BCUT2D eigenvalue weighted by Crippen LogP contribution is 2.66. The summed E-state index contributed by atoms with van der Waals surface area (Å²) in [6.45, 7) is 1.97. The molecule has 142 valence electrons. The molecule has 4 bridgehead atoms. The van der Waals surface area contributed by atoms with E-state index in [1.54, 1.807) is 7.11 Å². The number of rotatable bonds is 4. The molecule has 0 saturated heterocycles. The van der Waals surface area contributed by atoms with Crippen LogP contribution in [0.2, 0.25) is 0 Å². The normalized spacial score (nSPS) is 33.9.